The third kappa shape index (κ3) is 4.13. The van der Waals surface area contributed by atoms with Crippen molar-refractivity contribution in [2.24, 2.45) is 0 Å². The summed E-state index contributed by atoms with van der Waals surface area (Å²) in [7, 11) is 1.06. The molecule has 0 fully saturated rings. The number of methoxy groups -OCH3 is 1. The van der Waals surface area contributed by atoms with Crippen molar-refractivity contribution in [1.29, 1.82) is 0 Å². The Morgan fingerprint density at radius 1 is 0.929 bits per heavy atom. The minimum absolute atomic E-state index is 0.156. The van der Waals surface area contributed by atoms with Crippen LogP contribution in [0.1, 0.15) is 15.9 Å². The molecule has 0 N–H and O–H groups in total. The number of sulfonamides is 1. The van der Waals surface area contributed by atoms with Gasteiger partial charge in [0.1, 0.15) is 5.75 Å². The molecule has 6 heteroatoms. The molecule has 0 bridgehead atoms. The highest BCUT2D eigenvalue weighted by atomic mass is 32.2. The van der Waals surface area contributed by atoms with Crippen LogP contribution in [0.5, 0.6) is 5.75 Å². The normalized spacial score (nSPS) is 12.0. The van der Waals surface area contributed by atoms with Gasteiger partial charge in [-0.3, -0.25) is 4.79 Å². The molecule has 0 amide bonds. The van der Waals surface area contributed by atoms with Crippen LogP contribution in [-0.2, 0) is 10.0 Å². The summed E-state index contributed by atoms with van der Waals surface area (Å²) in [6.07, 6.45) is 3.23. The number of ether oxygens (including phenoxy) is 1. The number of rotatable bonds is 6. The molecule has 0 saturated heterocycles. The van der Waals surface area contributed by atoms with E-state index in [4.69, 9.17) is 4.74 Å². The predicted octanol–water partition coefficient (Wildman–Crippen LogP) is 3.99. The fraction of sp³-hybridized carbons (Fsp3) is 0.136. The molecule has 3 rings (SSSR count). The first-order valence-corrected chi connectivity index (χ1v) is 10.1. The SMILES string of the molecule is COc1ccc2cc(/C=C/C(=O)c3ccc(S(=O)(=O)N(C)C)cc3)ccc2c1. The predicted molar refractivity (Wildman–Crippen MR) is 111 cm³/mol. The van der Waals surface area contributed by atoms with Crippen molar-refractivity contribution >= 4 is 32.7 Å². The molecule has 0 aliphatic heterocycles. The number of carbonyl (C=O) groups is 1. The molecule has 0 heterocycles. The lowest BCUT2D eigenvalue weighted by atomic mass is 10.1. The topological polar surface area (TPSA) is 63.7 Å². The third-order valence-electron chi connectivity index (χ3n) is 4.42. The molecule has 0 aromatic heterocycles. The Hall–Kier alpha value is -2.96. The zero-order valence-corrected chi connectivity index (χ0v) is 16.7. The van der Waals surface area contributed by atoms with Crippen LogP contribution in [0.15, 0.2) is 71.6 Å². The minimum Gasteiger partial charge on any atom is -0.497 e. The number of hydrogen-bond donors (Lipinski definition) is 0. The highest BCUT2D eigenvalue weighted by molar-refractivity contribution is 7.89. The molecule has 144 valence electrons. The van der Waals surface area contributed by atoms with Crippen LogP contribution in [0.4, 0.5) is 0 Å². The van der Waals surface area contributed by atoms with Gasteiger partial charge in [0.05, 0.1) is 12.0 Å². The van der Waals surface area contributed by atoms with Crippen LogP contribution in [0.2, 0.25) is 0 Å². The van der Waals surface area contributed by atoms with E-state index in [1.807, 2.05) is 36.4 Å². The summed E-state index contributed by atoms with van der Waals surface area (Å²) < 4.78 is 30.5. The van der Waals surface area contributed by atoms with Crippen LogP contribution in [0.25, 0.3) is 16.8 Å². The van der Waals surface area contributed by atoms with E-state index in [-0.39, 0.29) is 10.7 Å². The number of carbonyl (C=O) groups excluding carboxylic acids is 1. The highest BCUT2D eigenvalue weighted by Gasteiger charge is 2.17. The number of fused-ring (bicyclic) bond motifs is 1. The van der Waals surface area contributed by atoms with Gasteiger partial charge in [0.2, 0.25) is 10.0 Å². The molecule has 0 aliphatic rings. The molecular formula is C22H21NO4S. The van der Waals surface area contributed by atoms with Gasteiger partial charge >= 0.3 is 0 Å². The van der Waals surface area contributed by atoms with Gasteiger partial charge < -0.3 is 4.74 Å². The van der Waals surface area contributed by atoms with Gasteiger partial charge in [0.25, 0.3) is 0 Å². The first-order valence-electron chi connectivity index (χ1n) is 8.64. The molecule has 0 aliphatic carbocycles. The minimum atomic E-state index is -3.51. The van der Waals surface area contributed by atoms with E-state index in [0.717, 1.165) is 26.4 Å². The van der Waals surface area contributed by atoms with E-state index in [1.165, 1.54) is 44.4 Å². The van der Waals surface area contributed by atoms with Crippen molar-refractivity contribution in [2.45, 2.75) is 4.90 Å². The van der Waals surface area contributed by atoms with Crippen LogP contribution in [-0.4, -0.2) is 39.7 Å². The molecule has 0 unspecified atom stereocenters. The van der Waals surface area contributed by atoms with Crippen LogP contribution in [0, 0.1) is 0 Å². The monoisotopic (exact) mass is 395 g/mol. The molecular weight excluding hydrogens is 374 g/mol. The molecule has 28 heavy (non-hydrogen) atoms. The lowest BCUT2D eigenvalue weighted by molar-refractivity contribution is 0.104. The maximum atomic E-state index is 12.4. The van der Waals surface area contributed by atoms with Gasteiger partial charge in [-0.2, -0.15) is 0 Å². The average molecular weight is 395 g/mol. The summed E-state index contributed by atoms with van der Waals surface area (Å²) in [5.41, 5.74) is 1.33. The number of allylic oxidation sites excluding steroid dienone is 1. The maximum absolute atomic E-state index is 12.4. The van der Waals surface area contributed by atoms with E-state index in [1.54, 1.807) is 13.2 Å². The summed E-state index contributed by atoms with van der Waals surface area (Å²) >= 11 is 0. The summed E-state index contributed by atoms with van der Waals surface area (Å²) in [6.45, 7) is 0. The number of hydrogen-bond acceptors (Lipinski definition) is 4. The van der Waals surface area contributed by atoms with E-state index in [9.17, 15) is 13.2 Å². The first kappa shape index (κ1) is 19.8. The fourth-order valence-electron chi connectivity index (χ4n) is 2.74. The van der Waals surface area contributed by atoms with Gasteiger partial charge in [-0.15, -0.1) is 0 Å². The van der Waals surface area contributed by atoms with Gasteiger partial charge in [-0.05, 0) is 64.9 Å². The van der Waals surface area contributed by atoms with E-state index in [2.05, 4.69) is 0 Å². The average Bonchev–Trinajstić information content (AvgIpc) is 2.71. The Kier molecular flexibility index (Phi) is 5.63. The Morgan fingerprint density at radius 3 is 2.21 bits per heavy atom. The number of benzene rings is 3. The van der Waals surface area contributed by atoms with Gasteiger partial charge in [0, 0.05) is 19.7 Å². The van der Waals surface area contributed by atoms with Crippen LogP contribution < -0.4 is 4.74 Å². The lowest BCUT2D eigenvalue weighted by Crippen LogP contribution is -2.22. The molecule has 3 aromatic carbocycles. The third-order valence-corrected chi connectivity index (χ3v) is 6.25. The standard InChI is InChI=1S/C22H21NO4S/c1-23(2)28(25,26)21-11-8-17(9-12-21)22(24)13-5-16-4-6-19-15-20(27-3)10-7-18(19)14-16/h4-15H,1-3H3/b13-5+. The quantitative estimate of drug-likeness (QED) is 0.468. The second-order valence-electron chi connectivity index (χ2n) is 6.48. The molecule has 0 spiro atoms. The Bertz CT molecular complexity index is 1150. The Labute approximate surface area is 164 Å². The summed E-state index contributed by atoms with van der Waals surface area (Å²) in [6, 6.07) is 17.6. The van der Waals surface area contributed by atoms with Crippen LogP contribution in [0.3, 0.4) is 0 Å². The van der Waals surface area contributed by atoms with E-state index >= 15 is 0 Å². The molecule has 0 saturated carbocycles. The molecule has 0 atom stereocenters. The second kappa shape index (κ2) is 7.96. The zero-order chi connectivity index (χ0) is 20.3. The largest absolute Gasteiger partial charge is 0.497 e. The Morgan fingerprint density at radius 2 is 1.57 bits per heavy atom. The van der Waals surface area contributed by atoms with Crippen molar-refractivity contribution < 1.29 is 17.9 Å². The Balaban J connectivity index is 1.79. The van der Waals surface area contributed by atoms with Gasteiger partial charge in [0.15, 0.2) is 5.78 Å². The van der Waals surface area contributed by atoms with Crippen LogP contribution >= 0.6 is 0 Å². The van der Waals surface area contributed by atoms with Gasteiger partial charge in [-0.25, -0.2) is 12.7 Å². The van der Waals surface area contributed by atoms with Crippen molar-refractivity contribution in [2.75, 3.05) is 21.2 Å². The fourth-order valence-corrected chi connectivity index (χ4v) is 3.64. The van der Waals surface area contributed by atoms with Crippen molar-refractivity contribution in [1.82, 2.24) is 4.31 Å². The van der Waals surface area contributed by atoms with E-state index < -0.39 is 10.0 Å². The number of nitrogens with zero attached hydrogens (tertiary/aromatic N) is 1. The molecule has 5 nitrogen and oxygen atoms in total. The zero-order valence-electron chi connectivity index (χ0n) is 15.9. The maximum Gasteiger partial charge on any atom is 0.242 e. The first-order chi connectivity index (χ1) is 13.3. The number of ketones is 1. The summed E-state index contributed by atoms with van der Waals surface area (Å²) in [5, 5.41) is 2.11. The molecule has 0 radical (unpaired) electrons. The molecule has 3 aromatic rings. The van der Waals surface area contributed by atoms with E-state index in [0.29, 0.717) is 5.56 Å². The van der Waals surface area contributed by atoms with Crippen molar-refractivity contribution in [3.05, 3.63) is 77.9 Å². The highest BCUT2D eigenvalue weighted by Crippen LogP contribution is 2.22. The lowest BCUT2D eigenvalue weighted by Gasteiger charge is -2.11. The second-order valence-corrected chi connectivity index (χ2v) is 8.63. The summed E-state index contributed by atoms with van der Waals surface area (Å²) in [4.78, 5) is 12.6. The summed E-state index contributed by atoms with van der Waals surface area (Å²) in [5.74, 6) is 0.606. The van der Waals surface area contributed by atoms with Crippen molar-refractivity contribution in [3.8, 4) is 5.75 Å². The van der Waals surface area contributed by atoms with Gasteiger partial charge in [-0.1, -0.05) is 24.3 Å². The smallest absolute Gasteiger partial charge is 0.242 e. The van der Waals surface area contributed by atoms with Crippen molar-refractivity contribution in [3.63, 3.8) is 0 Å².